The van der Waals surface area contributed by atoms with E-state index < -0.39 is 5.91 Å². The summed E-state index contributed by atoms with van der Waals surface area (Å²) in [5.41, 5.74) is 1.25. The van der Waals surface area contributed by atoms with Crippen LogP contribution < -0.4 is 14.8 Å². The number of rotatable bonds is 7. The van der Waals surface area contributed by atoms with E-state index in [2.05, 4.69) is 10.5 Å². The lowest BCUT2D eigenvalue weighted by molar-refractivity contribution is -0.142. The van der Waals surface area contributed by atoms with Gasteiger partial charge in [-0.3, -0.25) is 19.3 Å². The maximum Gasteiger partial charge on any atom is 0.240 e. The smallest absolute Gasteiger partial charge is 0.240 e. The van der Waals surface area contributed by atoms with E-state index in [1.165, 1.54) is 0 Å². The van der Waals surface area contributed by atoms with Crippen LogP contribution in [0.25, 0.3) is 11.3 Å². The van der Waals surface area contributed by atoms with E-state index in [9.17, 15) is 14.4 Å². The second-order valence-corrected chi connectivity index (χ2v) is 5.90. The van der Waals surface area contributed by atoms with Crippen molar-refractivity contribution in [1.29, 1.82) is 0 Å². The van der Waals surface area contributed by atoms with Crippen molar-refractivity contribution < 1.29 is 28.4 Å². The normalized spacial score (nSPS) is 13.8. The number of carbonyl (C=O) groups is 3. The molecule has 0 spiro atoms. The van der Waals surface area contributed by atoms with Crippen LogP contribution in [0.5, 0.6) is 11.5 Å². The molecule has 27 heavy (non-hydrogen) atoms. The fraction of sp³-hybridized carbons (Fsp3) is 0.333. The molecule has 1 aliphatic heterocycles. The number of carbonyl (C=O) groups excluding carboxylic acids is 3. The number of imide groups is 1. The zero-order valence-corrected chi connectivity index (χ0v) is 15.0. The van der Waals surface area contributed by atoms with E-state index in [0.29, 0.717) is 23.0 Å². The lowest BCUT2D eigenvalue weighted by Crippen LogP contribution is -2.39. The molecule has 1 N–H and O–H groups in total. The Kier molecular flexibility index (Phi) is 5.39. The number of aromatic nitrogens is 1. The summed E-state index contributed by atoms with van der Waals surface area (Å²) in [6, 6.07) is 7.00. The number of hydrogen-bond donors (Lipinski definition) is 1. The third-order valence-corrected chi connectivity index (χ3v) is 4.15. The van der Waals surface area contributed by atoms with Gasteiger partial charge in [0.05, 0.1) is 20.8 Å². The Labute approximate surface area is 155 Å². The van der Waals surface area contributed by atoms with Gasteiger partial charge in [0.25, 0.3) is 0 Å². The first-order chi connectivity index (χ1) is 13.0. The van der Waals surface area contributed by atoms with Crippen LogP contribution in [0, 0.1) is 0 Å². The standard InChI is InChI=1S/C18H19N3O6/c1-25-13-4-3-11(7-15(13)26-2)14-8-12(20-27-14)9-19-16(22)10-21-17(23)5-6-18(21)24/h3-4,7-8H,5-6,9-10H2,1-2H3,(H,19,22). The topological polar surface area (TPSA) is 111 Å². The molecule has 2 aromatic rings. The van der Waals surface area contributed by atoms with Gasteiger partial charge in [0.2, 0.25) is 17.7 Å². The second kappa shape index (κ2) is 7.90. The Morgan fingerprint density at radius 1 is 1.15 bits per heavy atom. The molecule has 0 bridgehead atoms. The summed E-state index contributed by atoms with van der Waals surface area (Å²) in [5.74, 6) is 0.569. The molecule has 0 radical (unpaired) electrons. The SMILES string of the molecule is COc1ccc(-c2cc(CNC(=O)CN3C(=O)CCC3=O)no2)cc1OC. The van der Waals surface area contributed by atoms with E-state index in [1.807, 2.05) is 0 Å². The highest BCUT2D eigenvalue weighted by Gasteiger charge is 2.30. The summed E-state index contributed by atoms with van der Waals surface area (Å²) in [6.07, 6.45) is 0.314. The van der Waals surface area contributed by atoms with Crippen LogP contribution in [0.15, 0.2) is 28.8 Å². The van der Waals surface area contributed by atoms with Crippen molar-refractivity contribution in [2.45, 2.75) is 19.4 Å². The van der Waals surface area contributed by atoms with Gasteiger partial charge < -0.3 is 19.3 Å². The number of likely N-dealkylation sites (tertiary alicyclic amines) is 1. The molecule has 9 heteroatoms. The van der Waals surface area contributed by atoms with Gasteiger partial charge in [-0.2, -0.15) is 0 Å². The number of nitrogens with zero attached hydrogens (tertiary/aromatic N) is 2. The molecule has 1 aromatic carbocycles. The number of methoxy groups -OCH3 is 2. The fourth-order valence-electron chi connectivity index (χ4n) is 2.71. The van der Waals surface area contributed by atoms with E-state index >= 15 is 0 Å². The van der Waals surface area contributed by atoms with Crippen LogP contribution in [0.3, 0.4) is 0 Å². The highest BCUT2D eigenvalue weighted by molar-refractivity contribution is 6.04. The number of benzene rings is 1. The largest absolute Gasteiger partial charge is 0.493 e. The molecule has 0 saturated carbocycles. The molecule has 0 aliphatic carbocycles. The van der Waals surface area contributed by atoms with E-state index in [-0.39, 0.29) is 37.7 Å². The molecule has 1 fully saturated rings. The Hall–Kier alpha value is -3.36. The monoisotopic (exact) mass is 373 g/mol. The minimum Gasteiger partial charge on any atom is -0.493 e. The van der Waals surface area contributed by atoms with Crippen molar-refractivity contribution in [2.75, 3.05) is 20.8 Å². The predicted octanol–water partition coefficient (Wildman–Crippen LogP) is 1.12. The first-order valence-electron chi connectivity index (χ1n) is 8.29. The lowest BCUT2D eigenvalue weighted by atomic mass is 10.1. The Balaban J connectivity index is 1.60. The summed E-state index contributed by atoms with van der Waals surface area (Å²) >= 11 is 0. The van der Waals surface area contributed by atoms with Crippen molar-refractivity contribution in [1.82, 2.24) is 15.4 Å². The molecule has 9 nitrogen and oxygen atoms in total. The van der Waals surface area contributed by atoms with Crippen LogP contribution in [0.2, 0.25) is 0 Å². The van der Waals surface area contributed by atoms with Crippen LogP contribution in [-0.2, 0) is 20.9 Å². The van der Waals surface area contributed by atoms with Crippen LogP contribution in [0.4, 0.5) is 0 Å². The molecule has 3 rings (SSSR count). The third-order valence-electron chi connectivity index (χ3n) is 4.15. The van der Waals surface area contributed by atoms with E-state index in [0.717, 1.165) is 10.5 Å². The van der Waals surface area contributed by atoms with Gasteiger partial charge in [0.15, 0.2) is 17.3 Å². The van der Waals surface area contributed by atoms with Gasteiger partial charge in [-0.15, -0.1) is 0 Å². The molecule has 0 unspecified atom stereocenters. The van der Waals surface area contributed by atoms with E-state index in [4.69, 9.17) is 14.0 Å². The zero-order valence-electron chi connectivity index (χ0n) is 15.0. The minimum atomic E-state index is -0.436. The second-order valence-electron chi connectivity index (χ2n) is 5.90. The van der Waals surface area contributed by atoms with Crippen molar-refractivity contribution in [2.24, 2.45) is 0 Å². The zero-order chi connectivity index (χ0) is 19.4. The fourth-order valence-corrected chi connectivity index (χ4v) is 2.71. The number of amides is 3. The molecular weight excluding hydrogens is 354 g/mol. The molecule has 0 atom stereocenters. The summed E-state index contributed by atoms with van der Waals surface area (Å²) in [5, 5.41) is 6.54. The minimum absolute atomic E-state index is 0.117. The molecule has 1 aliphatic rings. The highest BCUT2D eigenvalue weighted by atomic mass is 16.5. The quantitative estimate of drug-likeness (QED) is 0.724. The summed E-state index contributed by atoms with van der Waals surface area (Å²) < 4.78 is 15.8. The number of nitrogens with one attached hydrogen (secondary N) is 1. The van der Waals surface area contributed by atoms with E-state index in [1.54, 1.807) is 38.5 Å². The van der Waals surface area contributed by atoms with Gasteiger partial charge in [-0.25, -0.2) is 0 Å². The highest BCUT2D eigenvalue weighted by Crippen LogP contribution is 2.32. The maximum atomic E-state index is 11.9. The summed E-state index contributed by atoms with van der Waals surface area (Å²) in [4.78, 5) is 36.0. The molecule has 1 saturated heterocycles. The first-order valence-corrected chi connectivity index (χ1v) is 8.29. The molecule has 1 aromatic heterocycles. The average Bonchev–Trinajstić information content (AvgIpc) is 3.28. The first kappa shape index (κ1) is 18.4. The Morgan fingerprint density at radius 2 is 1.85 bits per heavy atom. The van der Waals surface area contributed by atoms with Gasteiger partial charge in [-0.05, 0) is 18.2 Å². The van der Waals surface area contributed by atoms with Gasteiger partial charge in [0, 0.05) is 24.5 Å². The number of hydrogen-bond acceptors (Lipinski definition) is 7. The molecular formula is C18H19N3O6. The maximum absolute atomic E-state index is 11.9. The predicted molar refractivity (Wildman–Crippen MR) is 92.8 cm³/mol. The van der Waals surface area contributed by atoms with Crippen molar-refractivity contribution >= 4 is 17.7 Å². The van der Waals surface area contributed by atoms with Crippen LogP contribution >= 0.6 is 0 Å². The molecule has 2 heterocycles. The van der Waals surface area contributed by atoms with Gasteiger partial charge in [-0.1, -0.05) is 5.16 Å². The lowest BCUT2D eigenvalue weighted by Gasteiger charge is -2.12. The van der Waals surface area contributed by atoms with Gasteiger partial charge in [0.1, 0.15) is 12.2 Å². The molecule has 3 amide bonds. The molecule has 142 valence electrons. The van der Waals surface area contributed by atoms with Crippen molar-refractivity contribution in [3.63, 3.8) is 0 Å². The Morgan fingerprint density at radius 3 is 2.52 bits per heavy atom. The number of ether oxygens (including phenoxy) is 2. The average molecular weight is 373 g/mol. The van der Waals surface area contributed by atoms with Gasteiger partial charge >= 0.3 is 0 Å². The summed E-state index contributed by atoms with van der Waals surface area (Å²) in [6.45, 7) is -0.163. The van der Waals surface area contributed by atoms with Crippen molar-refractivity contribution in [3.05, 3.63) is 30.0 Å². The van der Waals surface area contributed by atoms with Crippen LogP contribution in [0.1, 0.15) is 18.5 Å². The summed E-state index contributed by atoms with van der Waals surface area (Å²) in [7, 11) is 3.09. The Bertz CT molecular complexity index is 860. The van der Waals surface area contributed by atoms with Crippen LogP contribution in [-0.4, -0.2) is 48.5 Å². The third kappa shape index (κ3) is 4.08. The van der Waals surface area contributed by atoms with Crippen molar-refractivity contribution in [3.8, 4) is 22.8 Å².